The van der Waals surface area contributed by atoms with Crippen molar-refractivity contribution in [2.45, 2.75) is 51.5 Å². The Morgan fingerprint density at radius 2 is 1.68 bits per heavy atom. The molecule has 4 saturated carbocycles. The second-order valence-electron chi connectivity index (χ2n) is 7.91. The fraction of sp³-hybridized carbons (Fsp3) is 0.632. The normalized spacial score (nSPS) is 37.1. The van der Waals surface area contributed by atoms with E-state index in [0.717, 1.165) is 41.5 Å². The summed E-state index contributed by atoms with van der Waals surface area (Å²) in [6.45, 7) is 2.10. The number of hydrogen-bond donors (Lipinski definition) is 1. The van der Waals surface area contributed by atoms with Gasteiger partial charge in [-0.05, 0) is 74.8 Å². The van der Waals surface area contributed by atoms with Crippen LogP contribution in [-0.4, -0.2) is 5.91 Å². The Morgan fingerprint density at radius 1 is 1.14 bits per heavy atom. The van der Waals surface area contributed by atoms with Crippen LogP contribution < -0.4 is 5.32 Å². The molecule has 4 bridgehead atoms. The summed E-state index contributed by atoms with van der Waals surface area (Å²) in [5.41, 5.74) is 1.12. The fourth-order valence-corrected chi connectivity index (χ4v) is 6.27. The Bertz CT molecular complexity index is 562. The van der Waals surface area contributed by atoms with Crippen LogP contribution in [0.4, 0.5) is 0 Å². The van der Waals surface area contributed by atoms with Crippen LogP contribution in [0.5, 0.6) is 0 Å². The van der Waals surface area contributed by atoms with E-state index in [9.17, 15) is 4.79 Å². The third kappa shape index (κ3) is 2.42. The van der Waals surface area contributed by atoms with Gasteiger partial charge in [-0.3, -0.25) is 4.79 Å². The predicted octanol–water partition coefficient (Wildman–Crippen LogP) is 4.84. The van der Waals surface area contributed by atoms with Crippen molar-refractivity contribution in [2.24, 2.45) is 23.2 Å². The van der Waals surface area contributed by atoms with Crippen molar-refractivity contribution in [3.63, 3.8) is 0 Å². The molecule has 0 saturated heterocycles. The van der Waals surface area contributed by atoms with E-state index in [1.165, 1.54) is 24.8 Å². The van der Waals surface area contributed by atoms with E-state index in [4.69, 9.17) is 0 Å². The molecule has 22 heavy (non-hydrogen) atoms. The minimum absolute atomic E-state index is 0.0513. The molecule has 0 radical (unpaired) electrons. The average Bonchev–Trinajstić information content (AvgIpc) is 2.46. The first-order valence-electron chi connectivity index (χ1n) is 8.61. The molecule has 1 atom stereocenters. The lowest BCUT2D eigenvalue weighted by atomic mass is 9.49. The molecule has 1 aromatic carbocycles. The van der Waals surface area contributed by atoms with Gasteiger partial charge in [0, 0.05) is 9.89 Å². The third-order valence-corrected chi connectivity index (χ3v) is 6.96. The zero-order valence-corrected chi connectivity index (χ0v) is 14.7. The van der Waals surface area contributed by atoms with Crippen LogP contribution in [0, 0.1) is 23.2 Å². The number of nitrogens with one attached hydrogen (secondary N) is 1. The van der Waals surface area contributed by atoms with E-state index < -0.39 is 0 Å². The van der Waals surface area contributed by atoms with Crippen LogP contribution in [0.15, 0.2) is 28.7 Å². The summed E-state index contributed by atoms with van der Waals surface area (Å²) in [4.78, 5) is 13.1. The van der Waals surface area contributed by atoms with Crippen molar-refractivity contribution in [3.05, 3.63) is 34.3 Å². The van der Waals surface area contributed by atoms with Crippen LogP contribution in [0.3, 0.4) is 0 Å². The molecule has 2 nitrogen and oxygen atoms in total. The number of carbonyl (C=O) groups is 1. The van der Waals surface area contributed by atoms with Gasteiger partial charge in [-0.1, -0.05) is 34.1 Å². The lowest BCUT2D eigenvalue weighted by Crippen LogP contribution is -2.53. The third-order valence-electron chi connectivity index (χ3n) is 6.24. The van der Waals surface area contributed by atoms with Crippen molar-refractivity contribution in [1.82, 2.24) is 5.32 Å². The zero-order chi connectivity index (χ0) is 15.3. The highest BCUT2D eigenvalue weighted by Gasteiger charge is 2.54. The van der Waals surface area contributed by atoms with Crippen LogP contribution in [0.25, 0.3) is 0 Å². The highest BCUT2D eigenvalue weighted by molar-refractivity contribution is 9.10. The monoisotopic (exact) mass is 361 g/mol. The molecular formula is C19H24BrNO. The summed E-state index contributed by atoms with van der Waals surface area (Å²) >= 11 is 3.60. The van der Waals surface area contributed by atoms with Crippen LogP contribution >= 0.6 is 15.9 Å². The molecule has 3 heteroatoms. The second kappa shape index (κ2) is 5.36. The maximum absolute atomic E-state index is 13.1. The maximum atomic E-state index is 13.1. The molecule has 1 amide bonds. The van der Waals surface area contributed by atoms with Crippen LogP contribution in [-0.2, 0) is 4.79 Å². The van der Waals surface area contributed by atoms with Crippen molar-refractivity contribution >= 4 is 21.8 Å². The summed E-state index contributed by atoms with van der Waals surface area (Å²) < 4.78 is 1.08. The van der Waals surface area contributed by atoms with E-state index in [-0.39, 0.29) is 11.5 Å². The van der Waals surface area contributed by atoms with Crippen LogP contribution in [0.1, 0.15) is 57.1 Å². The minimum Gasteiger partial charge on any atom is -0.349 e. The summed E-state index contributed by atoms with van der Waals surface area (Å²) in [6.07, 6.45) is 7.54. The number of hydrogen-bond acceptors (Lipinski definition) is 1. The highest BCUT2D eigenvalue weighted by atomic mass is 79.9. The second-order valence-corrected chi connectivity index (χ2v) is 8.77. The largest absolute Gasteiger partial charge is 0.349 e. The van der Waals surface area contributed by atoms with Gasteiger partial charge >= 0.3 is 0 Å². The standard InChI is InChI=1S/C19H24BrNO/c1-12(16-4-2-3-5-17(16)20)21-18(22)19-9-13-6-14(10-19)8-15(7-13)11-19/h2-5,12-15H,6-11H2,1H3,(H,21,22)/t12-,13?,14?,15?,19?/m1/s1. The molecule has 0 heterocycles. The SMILES string of the molecule is C[C@@H](NC(=O)C12CC3CC(CC(C3)C1)C2)c1ccccc1Br. The van der Waals surface area contributed by atoms with Gasteiger partial charge in [0.25, 0.3) is 0 Å². The van der Waals surface area contributed by atoms with Crippen molar-refractivity contribution in [2.75, 3.05) is 0 Å². The molecule has 4 fully saturated rings. The summed E-state index contributed by atoms with van der Waals surface area (Å²) in [6, 6.07) is 8.25. The molecule has 0 aromatic heterocycles. The molecule has 0 aliphatic heterocycles. The first kappa shape index (κ1) is 14.7. The van der Waals surface area contributed by atoms with Gasteiger partial charge in [-0.25, -0.2) is 0 Å². The summed E-state index contributed by atoms with van der Waals surface area (Å²) in [7, 11) is 0. The molecular weight excluding hydrogens is 338 g/mol. The molecule has 4 aliphatic rings. The van der Waals surface area contributed by atoms with Crippen molar-refractivity contribution < 1.29 is 4.79 Å². The number of carbonyl (C=O) groups excluding carboxylic acids is 1. The summed E-state index contributed by atoms with van der Waals surface area (Å²) in [5.74, 6) is 2.76. The van der Waals surface area contributed by atoms with Crippen molar-refractivity contribution in [3.8, 4) is 0 Å². The van der Waals surface area contributed by atoms with E-state index >= 15 is 0 Å². The summed E-state index contributed by atoms with van der Waals surface area (Å²) in [5, 5.41) is 3.33. The first-order valence-corrected chi connectivity index (χ1v) is 9.40. The Kier molecular flexibility index (Phi) is 3.60. The Balaban J connectivity index is 1.52. The van der Waals surface area contributed by atoms with Gasteiger partial charge in [0.1, 0.15) is 0 Å². The van der Waals surface area contributed by atoms with Gasteiger partial charge in [-0.15, -0.1) is 0 Å². The molecule has 118 valence electrons. The van der Waals surface area contributed by atoms with Gasteiger partial charge in [0.2, 0.25) is 5.91 Å². The molecule has 0 spiro atoms. The number of rotatable bonds is 3. The lowest BCUT2D eigenvalue weighted by Gasteiger charge is -2.55. The van der Waals surface area contributed by atoms with Crippen LogP contribution in [0.2, 0.25) is 0 Å². The van der Waals surface area contributed by atoms with E-state index in [2.05, 4.69) is 34.2 Å². The van der Waals surface area contributed by atoms with E-state index in [1.54, 1.807) is 0 Å². The predicted molar refractivity (Wildman–Crippen MR) is 91.3 cm³/mol. The number of benzene rings is 1. The van der Waals surface area contributed by atoms with Gasteiger partial charge < -0.3 is 5.32 Å². The van der Waals surface area contributed by atoms with E-state index in [0.29, 0.717) is 5.91 Å². The number of halogens is 1. The van der Waals surface area contributed by atoms with E-state index in [1.807, 2.05) is 18.2 Å². The zero-order valence-electron chi connectivity index (χ0n) is 13.1. The maximum Gasteiger partial charge on any atom is 0.226 e. The van der Waals surface area contributed by atoms with Gasteiger partial charge in [-0.2, -0.15) is 0 Å². The molecule has 4 aliphatic carbocycles. The Morgan fingerprint density at radius 3 is 2.23 bits per heavy atom. The lowest BCUT2D eigenvalue weighted by molar-refractivity contribution is -0.147. The highest BCUT2D eigenvalue weighted by Crippen LogP contribution is 2.60. The first-order chi connectivity index (χ1) is 10.6. The fourth-order valence-electron chi connectivity index (χ4n) is 5.64. The topological polar surface area (TPSA) is 29.1 Å². The quantitative estimate of drug-likeness (QED) is 0.819. The Labute approximate surface area is 141 Å². The minimum atomic E-state index is -0.0513. The van der Waals surface area contributed by atoms with Gasteiger partial charge in [0.05, 0.1) is 6.04 Å². The van der Waals surface area contributed by atoms with Gasteiger partial charge in [0.15, 0.2) is 0 Å². The Hall–Kier alpha value is -0.830. The number of amides is 1. The average molecular weight is 362 g/mol. The molecule has 5 rings (SSSR count). The molecule has 1 aromatic rings. The van der Waals surface area contributed by atoms with Crippen molar-refractivity contribution in [1.29, 1.82) is 0 Å². The molecule has 1 N–H and O–H groups in total. The smallest absolute Gasteiger partial charge is 0.226 e. The molecule has 0 unspecified atom stereocenters.